The highest BCUT2D eigenvalue weighted by Gasteiger charge is 2.34. The summed E-state index contributed by atoms with van der Waals surface area (Å²) in [4.78, 5) is 41.5. The SMILES string of the molecule is CC(C)NC(=O)c1c2c(cn(C3CC3)c1=O)CN(C(=O)c1c3c(nn1C)CCCC3)CC2. The molecule has 3 heterocycles. The first-order valence-electron chi connectivity index (χ1n) is 11.8. The largest absolute Gasteiger partial charge is 0.350 e. The van der Waals surface area contributed by atoms with Gasteiger partial charge in [0.25, 0.3) is 17.4 Å². The molecule has 2 amide bonds. The van der Waals surface area contributed by atoms with E-state index in [1.54, 1.807) is 9.25 Å². The van der Waals surface area contributed by atoms with Crippen LogP contribution in [0.4, 0.5) is 0 Å². The second-order valence-corrected chi connectivity index (χ2v) is 9.66. The topological polar surface area (TPSA) is 89.2 Å². The van der Waals surface area contributed by atoms with Crippen molar-refractivity contribution in [2.75, 3.05) is 6.54 Å². The van der Waals surface area contributed by atoms with Crippen molar-refractivity contribution in [3.05, 3.63) is 50.2 Å². The van der Waals surface area contributed by atoms with Crippen LogP contribution in [0.1, 0.15) is 88.8 Å². The molecule has 0 saturated heterocycles. The third-order valence-electron chi connectivity index (χ3n) is 6.82. The number of aryl methyl sites for hydroxylation is 2. The summed E-state index contributed by atoms with van der Waals surface area (Å²) >= 11 is 0. The predicted molar refractivity (Wildman–Crippen MR) is 120 cm³/mol. The van der Waals surface area contributed by atoms with Crippen LogP contribution in [0.25, 0.3) is 0 Å². The number of carbonyl (C=O) groups excluding carboxylic acids is 2. The van der Waals surface area contributed by atoms with Gasteiger partial charge in [-0.05, 0) is 69.9 Å². The zero-order chi connectivity index (χ0) is 22.6. The number of nitrogens with one attached hydrogen (secondary N) is 1. The van der Waals surface area contributed by atoms with Crippen molar-refractivity contribution in [1.29, 1.82) is 0 Å². The third kappa shape index (κ3) is 3.55. The van der Waals surface area contributed by atoms with Gasteiger partial charge in [0, 0.05) is 44.0 Å². The van der Waals surface area contributed by atoms with Crippen molar-refractivity contribution in [3.8, 4) is 0 Å². The zero-order valence-electron chi connectivity index (χ0n) is 19.1. The van der Waals surface area contributed by atoms with Gasteiger partial charge in [-0.15, -0.1) is 0 Å². The Balaban J connectivity index is 1.50. The van der Waals surface area contributed by atoms with E-state index in [0.29, 0.717) is 25.2 Å². The molecule has 32 heavy (non-hydrogen) atoms. The molecule has 0 spiro atoms. The quantitative estimate of drug-likeness (QED) is 0.794. The number of amides is 2. The van der Waals surface area contributed by atoms with E-state index in [9.17, 15) is 14.4 Å². The maximum absolute atomic E-state index is 13.5. The van der Waals surface area contributed by atoms with E-state index in [0.717, 1.165) is 60.9 Å². The van der Waals surface area contributed by atoms with Crippen LogP contribution in [0.15, 0.2) is 11.0 Å². The van der Waals surface area contributed by atoms with Crippen molar-refractivity contribution in [2.24, 2.45) is 7.05 Å². The molecule has 1 N–H and O–H groups in total. The molecule has 1 aliphatic heterocycles. The first-order valence-corrected chi connectivity index (χ1v) is 11.8. The molecule has 2 aliphatic carbocycles. The summed E-state index contributed by atoms with van der Waals surface area (Å²) in [5.41, 5.74) is 4.58. The number of hydrogen-bond donors (Lipinski definition) is 1. The molecule has 0 atom stereocenters. The maximum Gasteiger partial charge on any atom is 0.272 e. The Morgan fingerprint density at radius 2 is 1.88 bits per heavy atom. The predicted octanol–water partition coefficient (Wildman–Crippen LogP) is 2.13. The molecule has 0 bridgehead atoms. The Morgan fingerprint density at radius 3 is 2.59 bits per heavy atom. The number of fused-ring (bicyclic) bond motifs is 2. The molecule has 5 rings (SSSR count). The standard InChI is InChI=1S/C24H31N5O3/c1-14(2)25-22(30)20-17-10-11-28(12-15(17)13-29(23(20)31)16-8-9-16)24(32)21-18-6-4-5-7-19(18)26-27(21)3/h13-14,16H,4-12H2,1-3H3,(H,25,30). The average Bonchev–Trinajstić information content (AvgIpc) is 3.53. The van der Waals surface area contributed by atoms with E-state index in [4.69, 9.17) is 0 Å². The minimum atomic E-state index is -0.309. The Labute approximate surface area is 187 Å². The van der Waals surface area contributed by atoms with Crippen molar-refractivity contribution in [1.82, 2.24) is 24.6 Å². The molecule has 0 radical (unpaired) electrons. The van der Waals surface area contributed by atoms with Gasteiger partial charge in [-0.3, -0.25) is 19.1 Å². The highest BCUT2D eigenvalue weighted by molar-refractivity contribution is 5.97. The second kappa shape index (κ2) is 7.90. The summed E-state index contributed by atoms with van der Waals surface area (Å²) in [7, 11) is 1.85. The summed E-state index contributed by atoms with van der Waals surface area (Å²) in [5, 5.41) is 7.49. The van der Waals surface area contributed by atoms with Crippen LogP contribution in [-0.2, 0) is 32.9 Å². The van der Waals surface area contributed by atoms with Gasteiger partial charge in [-0.2, -0.15) is 5.10 Å². The zero-order valence-corrected chi connectivity index (χ0v) is 19.1. The second-order valence-electron chi connectivity index (χ2n) is 9.66. The summed E-state index contributed by atoms with van der Waals surface area (Å²) < 4.78 is 3.45. The highest BCUT2D eigenvalue weighted by atomic mass is 16.2. The molecule has 1 fully saturated rings. The Bertz CT molecular complexity index is 1160. The molecule has 170 valence electrons. The van der Waals surface area contributed by atoms with Gasteiger partial charge in [0.05, 0.1) is 5.69 Å². The summed E-state index contributed by atoms with van der Waals surface area (Å²) in [6, 6.07) is 0.110. The lowest BCUT2D eigenvalue weighted by Gasteiger charge is -2.31. The van der Waals surface area contributed by atoms with Gasteiger partial charge >= 0.3 is 0 Å². The fourth-order valence-electron chi connectivity index (χ4n) is 5.14. The molecule has 8 nitrogen and oxygen atoms in total. The number of carbonyl (C=O) groups is 2. The molecule has 0 unspecified atom stereocenters. The first-order chi connectivity index (χ1) is 15.3. The first kappa shape index (κ1) is 21.0. The van der Waals surface area contributed by atoms with Gasteiger partial charge in [-0.25, -0.2) is 0 Å². The normalized spacial score (nSPS) is 17.8. The summed E-state index contributed by atoms with van der Waals surface area (Å²) in [6.45, 7) is 4.67. The molecule has 3 aliphatic rings. The van der Waals surface area contributed by atoms with Crippen molar-refractivity contribution >= 4 is 11.8 Å². The van der Waals surface area contributed by atoms with Gasteiger partial charge in [0.15, 0.2) is 0 Å². The summed E-state index contributed by atoms with van der Waals surface area (Å²) in [6.07, 6.45) is 8.33. The smallest absolute Gasteiger partial charge is 0.272 e. The van der Waals surface area contributed by atoms with Gasteiger partial charge < -0.3 is 14.8 Å². The average molecular weight is 438 g/mol. The van der Waals surface area contributed by atoms with Crippen LogP contribution < -0.4 is 10.9 Å². The molecule has 2 aromatic rings. The molecule has 1 saturated carbocycles. The number of hydrogen-bond acceptors (Lipinski definition) is 4. The number of nitrogens with zero attached hydrogens (tertiary/aromatic N) is 4. The number of rotatable bonds is 4. The van der Waals surface area contributed by atoms with Crippen LogP contribution >= 0.6 is 0 Å². The third-order valence-corrected chi connectivity index (χ3v) is 6.82. The van der Waals surface area contributed by atoms with Crippen molar-refractivity contribution in [2.45, 2.75) is 77.4 Å². The maximum atomic E-state index is 13.5. The van der Waals surface area contributed by atoms with Crippen LogP contribution in [0, 0.1) is 0 Å². The Morgan fingerprint density at radius 1 is 1.12 bits per heavy atom. The molecule has 8 heteroatoms. The van der Waals surface area contributed by atoms with E-state index in [-0.39, 0.29) is 35.0 Å². The lowest BCUT2D eigenvalue weighted by atomic mass is 9.93. The lowest BCUT2D eigenvalue weighted by molar-refractivity contribution is 0.0721. The molecule has 0 aromatic carbocycles. The number of pyridine rings is 1. The van der Waals surface area contributed by atoms with E-state index in [2.05, 4.69) is 10.4 Å². The van der Waals surface area contributed by atoms with Crippen LogP contribution in [0.3, 0.4) is 0 Å². The van der Waals surface area contributed by atoms with Crippen LogP contribution in [-0.4, -0.2) is 43.6 Å². The Hall–Kier alpha value is -2.90. The minimum absolute atomic E-state index is 0.00819. The summed E-state index contributed by atoms with van der Waals surface area (Å²) in [5.74, 6) is -0.317. The lowest BCUT2D eigenvalue weighted by Crippen LogP contribution is -2.42. The highest BCUT2D eigenvalue weighted by Crippen LogP contribution is 2.35. The molecule has 2 aromatic heterocycles. The monoisotopic (exact) mass is 437 g/mol. The minimum Gasteiger partial charge on any atom is -0.350 e. The van der Waals surface area contributed by atoms with E-state index >= 15 is 0 Å². The van der Waals surface area contributed by atoms with Crippen LogP contribution in [0.2, 0.25) is 0 Å². The fourth-order valence-corrected chi connectivity index (χ4v) is 5.14. The van der Waals surface area contributed by atoms with E-state index in [1.807, 2.05) is 32.0 Å². The van der Waals surface area contributed by atoms with Crippen molar-refractivity contribution in [3.63, 3.8) is 0 Å². The van der Waals surface area contributed by atoms with Crippen molar-refractivity contribution < 1.29 is 9.59 Å². The van der Waals surface area contributed by atoms with Gasteiger partial charge in [-0.1, -0.05) is 0 Å². The van der Waals surface area contributed by atoms with Crippen LogP contribution in [0.5, 0.6) is 0 Å². The number of aromatic nitrogens is 3. The van der Waals surface area contributed by atoms with E-state index in [1.165, 1.54) is 0 Å². The van der Waals surface area contributed by atoms with E-state index < -0.39 is 0 Å². The van der Waals surface area contributed by atoms with Gasteiger partial charge in [0.2, 0.25) is 0 Å². The Kier molecular flexibility index (Phi) is 5.18. The molecular weight excluding hydrogens is 406 g/mol. The molecular formula is C24H31N5O3. The fraction of sp³-hybridized carbons (Fsp3) is 0.583. The van der Waals surface area contributed by atoms with Gasteiger partial charge in [0.1, 0.15) is 11.3 Å².